The first-order valence-electron chi connectivity index (χ1n) is 7.54. The lowest BCUT2D eigenvalue weighted by atomic mass is 10.1. The average Bonchev–Trinajstić information content (AvgIpc) is 3.01. The summed E-state index contributed by atoms with van der Waals surface area (Å²) in [5.74, 6) is 0.338. The molecule has 1 heterocycles. The maximum absolute atomic E-state index is 12.5. The number of amides is 2. The van der Waals surface area contributed by atoms with Crippen LogP contribution in [0.5, 0.6) is 5.75 Å². The third kappa shape index (κ3) is 3.04. The van der Waals surface area contributed by atoms with Crippen LogP contribution in [0.1, 0.15) is 23.2 Å². The van der Waals surface area contributed by atoms with E-state index in [-0.39, 0.29) is 11.8 Å². The third-order valence-electron chi connectivity index (χ3n) is 3.87. The number of nitrogens with one attached hydrogen (secondary N) is 1. The van der Waals surface area contributed by atoms with E-state index >= 15 is 0 Å². The molecule has 118 valence electrons. The van der Waals surface area contributed by atoms with Crippen molar-refractivity contribution in [2.75, 3.05) is 23.9 Å². The van der Waals surface area contributed by atoms with Crippen LogP contribution in [0.3, 0.4) is 0 Å². The SMILES string of the molecule is COc1ccccc1C(=O)Nc1ccccc1N1CCCC1=O. The van der Waals surface area contributed by atoms with Gasteiger partial charge in [-0.05, 0) is 30.7 Å². The van der Waals surface area contributed by atoms with Crippen LogP contribution in [0.15, 0.2) is 48.5 Å². The van der Waals surface area contributed by atoms with Gasteiger partial charge in [0.05, 0.1) is 24.0 Å². The standard InChI is InChI=1S/C18H18N2O3/c1-23-16-10-5-2-7-13(16)18(22)19-14-8-3-4-9-15(14)20-12-6-11-17(20)21/h2-5,7-10H,6,11-12H2,1H3,(H,19,22). The van der Waals surface area contributed by atoms with Gasteiger partial charge in [0.25, 0.3) is 5.91 Å². The highest BCUT2D eigenvalue weighted by Crippen LogP contribution is 2.30. The molecule has 5 nitrogen and oxygen atoms in total. The molecule has 1 aliphatic heterocycles. The van der Waals surface area contributed by atoms with Gasteiger partial charge in [-0.15, -0.1) is 0 Å². The summed E-state index contributed by atoms with van der Waals surface area (Å²) in [7, 11) is 1.53. The fraction of sp³-hybridized carbons (Fsp3) is 0.222. The Kier molecular flexibility index (Phi) is 4.28. The Morgan fingerprint density at radius 3 is 2.61 bits per heavy atom. The molecular weight excluding hydrogens is 292 g/mol. The van der Waals surface area contributed by atoms with Crippen molar-refractivity contribution >= 4 is 23.2 Å². The minimum atomic E-state index is -0.262. The highest BCUT2D eigenvalue weighted by molar-refractivity contribution is 6.09. The van der Waals surface area contributed by atoms with E-state index in [0.29, 0.717) is 30.0 Å². The predicted octanol–water partition coefficient (Wildman–Crippen LogP) is 3.07. The summed E-state index contributed by atoms with van der Waals surface area (Å²) in [5.41, 5.74) is 1.81. The van der Waals surface area contributed by atoms with Gasteiger partial charge in [-0.3, -0.25) is 9.59 Å². The molecule has 0 aromatic heterocycles. The number of hydrogen-bond donors (Lipinski definition) is 1. The van der Waals surface area contributed by atoms with Gasteiger partial charge in [0.15, 0.2) is 0 Å². The van der Waals surface area contributed by atoms with Crippen molar-refractivity contribution in [1.29, 1.82) is 0 Å². The zero-order valence-electron chi connectivity index (χ0n) is 12.9. The van der Waals surface area contributed by atoms with Crippen molar-refractivity contribution in [3.63, 3.8) is 0 Å². The molecular formula is C18H18N2O3. The Hall–Kier alpha value is -2.82. The topological polar surface area (TPSA) is 58.6 Å². The minimum absolute atomic E-state index is 0.0870. The number of methoxy groups -OCH3 is 1. The van der Waals surface area contributed by atoms with Gasteiger partial charge in [-0.25, -0.2) is 0 Å². The predicted molar refractivity (Wildman–Crippen MR) is 89.0 cm³/mol. The molecule has 3 rings (SSSR count). The molecule has 1 saturated heterocycles. The molecule has 5 heteroatoms. The third-order valence-corrected chi connectivity index (χ3v) is 3.87. The van der Waals surface area contributed by atoms with Crippen LogP contribution in [-0.4, -0.2) is 25.5 Å². The summed E-state index contributed by atoms with van der Waals surface area (Å²) >= 11 is 0. The number of hydrogen-bond acceptors (Lipinski definition) is 3. The summed E-state index contributed by atoms with van der Waals surface area (Å²) in [4.78, 5) is 26.2. The van der Waals surface area contributed by atoms with Crippen molar-refractivity contribution in [2.45, 2.75) is 12.8 Å². The Morgan fingerprint density at radius 2 is 1.87 bits per heavy atom. The summed E-state index contributed by atoms with van der Waals surface area (Å²) in [6.45, 7) is 0.681. The molecule has 0 aliphatic carbocycles. The lowest BCUT2D eigenvalue weighted by Crippen LogP contribution is -2.25. The van der Waals surface area contributed by atoms with Gasteiger partial charge in [-0.1, -0.05) is 24.3 Å². The largest absolute Gasteiger partial charge is 0.496 e. The molecule has 0 saturated carbocycles. The molecule has 0 unspecified atom stereocenters. The van der Waals surface area contributed by atoms with Gasteiger partial charge >= 0.3 is 0 Å². The first-order valence-corrected chi connectivity index (χ1v) is 7.54. The molecule has 0 atom stereocenters. The van der Waals surface area contributed by atoms with E-state index in [1.54, 1.807) is 29.2 Å². The van der Waals surface area contributed by atoms with Gasteiger partial charge in [-0.2, -0.15) is 0 Å². The summed E-state index contributed by atoms with van der Waals surface area (Å²) in [6.07, 6.45) is 1.39. The molecule has 2 aromatic carbocycles. The smallest absolute Gasteiger partial charge is 0.259 e. The molecule has 2 aromatic rings. The second-order valence-electron chi connectivity index (χ2n) is 5.32. The number of carbonyl (C=O) groups excluding carboxylic acids is 2. The normalized spacial score (nSPS) is 14.0. The number of ether oxygens (including phenoxy) is 1. The summed E-state index contributed by atoms with van der Waals surface area (Å²) < 4.78 is 5.23. The summed E-state index contributed by atoms with van der Waals surface area (Å²) in [5, 5.41) is 2.89. The van der Waals surface area contributed by atoms with E-state index < -0.39 is 0 Å². The molecule has 1 N–H and O–H groups in total. The van der Waals surface area contributed by atoms with E-state index in [1.807, 2.05) is 24.3 Å². The maximum Gasteiger partial charge on any atom is 0.259 e. The molecule has 0 spiro atoms. The first-order chi connectivity index (χ1) is 11.2. The lowest BCUT2D eigenvalue weighted by molar-refractivity contribution is -0.117. The molecule has 0 radical (unpaired) electrons. The van der Waals surface area contributed by atoms with Gasteiger partial charge in [0.1, 0.15) is 5.75 Å². The van der Waals surface area contributed by atoms with Gasteiger partial charge in [0.2, 0.25) is 5.91 Å². The first kappa shape index (κ1) is 15.1. The monoisotopic (exact) mass is 310 g/mol. The number of anilines is 2. The highest BCUT2D eigenvalue weighted by Gasteiger charge is 2.24. The fourth-order valence-corrected chi connectivity index (χ4v) is 2.74. The van der Waals surface area contributed by atoms with E-state index in [0.717, 1.165) is 12.1 Å². The second-order valence-corrected chi connectivity index (χ2v) is 5.32. The van der Waals surface area contributed by atoms with Crippen LogP contribution in [-0.2, 0) is 4.79 Å². The van der Waals surface area contributed by atoms with Crippen molar-refractivity contribution < 1.29 is 14.3 Å². The minimum Gasteiger partial charge on any atom is -0.496 e. The maximum atomic E-state index is 12.5. The van der Waals surface area contributed by atoms with Gasteiger partial charge < -0.3 is 15.0 Å². The Bertz CT molecular complexity index is 743. The fourth-order valence-electron chi connectivity index (χ4n) is 2.74. The number of benzene rings is 2. The number of carbonyl (C=O) groups is 2. The average molecular weight is 310 g/mol. The van der Waals surface area contributed by atoms with E-state index in [9.17, 15) is 9.59 Å². The van der Waals surface area contributed by atoms with E-state index in [2.05, 4.69) is 5.32 Å². The van der Waals surface area contributed by atoms with Gasteiger partial charge in [0, 0.05) is 13.0 Å². The van der Waals surface area contributed by atoms with Crippen molar-refractivity contribution in [3.05, 3.63) is 54.1 Å². The van der Waals surface area contributed by atoms with Crippen molar-refractivity contribution in [1.82, 2.24) is 0 Å². The lowest BCUT2D eigenvalue weighted by Gasteiger charge is -2.20. The molecule has 1 fully saturated rings. The Morgan fingerprint density at radius 1 is 1.13 bits per heavy atom. The van der Waals surface area contributed by atoms with Crippen LogP contribution in [0.25, 0.3) is 0 Å². The molecule has 2 amide bonds. The van der Waals surface area contributed by atoms with Crippen LogP contribution in [0.2, 0.25) is 0 Å². The van der Waals surface area contributed by atoms with Crippen LogP contribution in [0.4, 0.5) is 11.4 Å². The quantitative estimate of drug-likeness (QED) is 0.944. The Balaban J connectivity index is 1.88. The second kappa shape index (κ2) is 6.52. The number of nitrogens with zero attached hydrogens (tertiary/aromatic N) is 1. The van der Waals surface area contributed by atoms with Crippen LogP contribution < -0.4 is 15.0 Å². The van der Waals surface area contributed by atoms with Crippen molar-refractivity contribution in [3.8, 4) is 5.75 Å². The zero-order chi connectivity index (χ0) is 16.2. The summed E-state index contributed by atoms with van der Waals surface area (Å²) in [6, 6.07) is 14.4. The Labute approximate surface area is 134 Å². The highest BCUT2D eigenvalue weighted by atomic mass is 16.5. The molecule has 1 aliphatic rings. The van der Waals surface area contributed by atoms with E-state index in [1.165, 1.54) is 7.11 Å². The van der Waals surface area contributed by atoms with Crippen molar-refractivity contribution in [2.24, 2.45) is 0 Å². The number of rotatable bonds is 4. The van der Waals surface area contributed by atoms with Crippen LogP contribution >= 0.6 is 0 Å². The van der Waals surface area contributed by atoms with E-state index in [4.69, 9.17) is 4.74 Å². The number of para-hydroxylation sites is 3. The van der Waals surface area contributed by atoms with Crippen LogP contribution in [0, 0.1) is 0 Å². The molecule has 23 heavy (non-hydrogen) atoms. The zero-order valence-corrected chi connectivity index (χ0v) is 12.9. The molecule has 0 bridgehead atoms.